The molecule has 0 saturated heterocycles. The minimum Gasteiger partial charge on any atom is -0.359 e. The average molecular weight is 373 g/mol. The molecule has 9 heteroatoms. The van der Waals surface area contributed by atoms with Crippen LogP contribution in [0.4, 0.5) is 29.2 Å². The molecule has 0 fully saturated rings. The van der Waals surface area contributed by atoms with E-state index in [2.05, 4.69) is 15.3 Å². The van der Waals surface area contributed by atoms with Gasteiger partial charge in [0.1, 0.15) is 11.3 Å². The van der Waals surface area contributed by atoms with Gasteiger partial charge in [-0.3, -0.25) is 0 Å². The zero-order valence-electron chi connectivity index (χ0n) is 13.8. The Hall–Kier alpha value is -3.54. The highest BCUT2D eigenvalue weighted by Gasteiger charge is 2.32. The van der Waals surface area contributed by atoms with E-state index in [-0.39, 0.29) is 17.0 Å². The summed E-state index contributed by atoms with van der Waals surface area (Å²) in [5, 5.41) is 12.7. The van der Waals surface area contributed by atoms with Crippen LogP contribution >= 0.6 is 0 Å². The largest absolute Gasteiger partial charge is 0.416 e. The van der Waals surface area contributed by atoms with Gasteiger partial charge < -0.3 is 14.9 Å². The molecule has 136 valence electrons. The summed E-state index contributed by atoms with van der Waals surface area (Å²) in [7, 11) is 1.50. The van der Waals surface area contributed by atoms with Crippen LogP contribution in [0.2, 0.25) is 0 Å². The number of hydrogen-bond acceptors (Lipinski definition) is 3. The SMILES string of the molecule is Cn1c(Nc2c[nH]c3ccc(C#N)cc23)nc2cc(C(F)(F)F)cc(F)c21. The van der Waals surface area contributed by atoms with Gasteiger partial charge in [0.2, 0.25) is 5.95 Å². The van der Waals surface area contributed by atoms with Crippen LogP contribution in [0.3, 0.4) is 0 Å². The number of nitriles is 1. The quantitative estimate of drug-likeness (QED) is 0.495. The van der Waals surface area contributed by atoms with Crippen molar-refractivity contribution in [1.29, 1.82) is 5.26 Å². The number of halogens is 4. The number of aryl methyl sites for hydroxylation is 1. The third-order valence-corrected chi connectivity index (χ3v) is 4.31. The van der Waals surface area contributed by atoms with Crippen LogP contribution < -0.4 is 5.32 Å². The minimum atomic E-state index is -4.66. The van der Waals surface area contributed by atoms with Crippen molar-refractivity contribution in [1.82, 2.24) is 14.5 Å². The standard InChI is InChI=1S/C18H11F4N5/c1-27-16-12(19)5-10(18(20,21)22)6-14(16)25-17(27)26-15-8-24-13-3-2-9(7-23)4-11(13)15/h2-6,8,24H,1H3,(H,25,26). The van der Waals surface area contributed by atoms with Crippen molar-refractivity contribution in [3.8, 4) is 6.07 Å². The van der Waals surface area contributed by atoms with Crippen molar-refractivity contribution >= 4 is 33.6 Å². The molecule has 0 radical (unpaired) electrons. The molecule has 2 N–H and O–H groups in total. The number of nitrogens with one attached hydrogen (secondary N) is 2. The molecule has 0 bridgehead atoms. The average Bonchev–Trinajstić information content (AvgIpc) is 3.15. The van der Waals surface area contributed by atoms with Crippen molar-refractivity contribution in [2.75, 3.05) is 5.32 Å². The first-order valence-corrected chi connectivity index (χ1v) is 7.79. The smallest absolute Gasteiger partial charge is 0.359 e. The van der Waals surface area contributed by atoms with Gasteiger partial charge in [0, 0.05) is 24.1 Å². The number of hydrogen-bond donors (Lipinski definition) is 2. The van der Waals surface area contributed by atoms with Crippen molar-refractivity contribution in [3.05, 3.63) is 53.5 Å². The van der Waals surface area contributed by atoms with E-state index in [9.17, 15) is 17.6 Å². The molecule has 0 unspecified atom stereocenters. The number of nitrogens with zero attached hydrogens (tertiary/aromatic N) is 3. The van der Waals surface area contributed by atoms with E-state index in [1.54, 1.807) is 24.4 Å². The molecule has 0 aliphatic heterocycles. The maximum Gasteiger partial charge on any atom is 0.416 e. The lowest BCUT2D eigenvalue weighted by Gasteiger charge is -2.07. The Morgan fingerprint density at radius 2 is 2.00 bits per heavy atom. The van der Waals surface area contributed by atoms with Gasteiger partial charge in [0.25, 0.3) is 0 Å². The lowest BCUT2D eigenvalue weighted by molar-refractivity contribution is -0.137. The highest BCUT2D eigenvalue weighted by molar-refractivity contribution is 5.95. The molecule has 0 aliphatic rings. The first kappa shape index (κ1) is 16.9. The first-order valence-electron chi connectivity index (χ1n) is 7.79. The van der Waals surface area contributed by atoms with Crippen molar-refractivity contribution in [3.63, 3.8) is 0 Å². The number of aromatic nitrogens is 3. The number of anilines is 2. The number of aromatic amines is 1. The second-order valence-electron chi connectivity index (χ2n) is 6.02. The van der Waals surface area contributed by atoms with Crippen LogP contribution in [-0.4, -0.2) is 14.5 Å². The molecular weight excluding hydrogens is 362 g/mol. The van der Waals surface area contributed by atoms with E-state index >= 15 is 0 Å². The molecule has 0 atom stereocenters. The van der Waals surface area contributed by atoms with Crippen molar-refractivity contribution < 1.29 is 17.6 Å². The van der Waals surface area contributed by atoms with Crippen LogP contribution in [0, 0.1) is 17.1 Å². The second kappa shape index (κ2) is 5.74. The van der Waals surface area contributed by atoms with Crippen LogP contribution in [-0.2, 0) is 13.2 Å². The van der Waals surface area contributed by atoms with E-state index in [4.69, 9.17) is 5.26 Å². The van der Waals surface area contributed by atoms with Gasteiger partial charge in [-0.25, -0.2) is 9.37 Å². The van der Waals surface area contributed by atoms with Gasteiger partial charge in [-0.1, -0.05) is 0 Å². The van der Waals surface area contributed by atoms with Gasteiger partial charge in [-0.05, 0) is 30.3 Å². The van der Waals surface area contributed by atoms with Gasteiger partial charge in [-0.2, -0.15) is 18.4 Å². The molecule has 0 saturated carbocycles. The Kier molecular flexibility index (Phi) is 3.59. The normalized spacial score (nSPS) is 11.9. The number of alkyl halides is 3. The summed E-state index contributed by atoms with van der Waals surface area (Å²) in [6.45, 7) is 0. The number of imidazole rings is 1. The lowest BCUT2D eigenvalue weighted by Crippen LogP contribution is -2.05. The fourth-order valence-corrected chi connectivity index (χ4v) is 2.99. The fraction of sp³-hybridized carbons (Fsp3) is 0.111. The van der Waals surface area contributed by atoms with Crippen LogP contribution in [0.5, 0.6) is 0 Å². The van der Waals surface area contributed by atoms with E-state index in [0.29, 0.717) is 22.7 Å². The van der Waals surface area contributed by atoms with E-state index < -0.39 is 17.6 Å². The Morgan fingerprint density at radius 3 is 2.70 bits per heavy atom. The predicted molar refractivity (Wildman–Crippen MR) is 92.0 cm³/mol. The Bertz CT molecular complexity index is 1230. The van der Waals surface area contributed by atoms with Gasteiger partial charge in [0.05, 0.1) is 28.4 Å². The van der Waals surface area contributed by atoms with Gasteiger partial charge in [0.15, 0.2) is 0 Å². The topological polar surface area (TPSA) is 69.4 Å². The molecule has 2 heterocycles. The number of H-pyrrole nitrogens is 1. The Labute approximate surface area is 149 Å². The maximum absolute atomic E-state index is 14.3. The minimum absolute atomic E-state index is 0.0388. The molecule has 27 heavy (non-hydrogen) atoms. The highest BCUT2D eigenvalue weighted by Crippen LogP contribution is 2.34. The fourth-order valence-electron chi connectivity index (χ4n) is 2.99. The molecule has 5 nitrogen and oxygen atoms in total. The second-order valence-corrected chi connectivity index (χ2v) is 6.02. The first-order chi connectivity index (χ1) is 12.8. The summed E-state index contributed by atoms with van der Waals surface area (Å²) in [6, 6.07) is 8.37. The number of benzene rings is 2. The molecular formula is C18H11F4N5. The molecule has 4 rings (SSSR count). The number of rotatable bonds is 2. The third-order valence-electron chi connectivity index (χ3n) is 4.31. The predicted octanol–water partition coefficient (Wildman–Crippen LogP) is 4.83. The third kappa shape index (κ3) is 2.75. The molecule has 0 amide bonds. The van der Waals surface area contributed by atoms with Gasteiger partial charge >= 0.3 is 6.18 Å². The molecule has 0 spiro atoms. The summed E-state index contributed by atoms with van der Waals surface area (Å²) in [6.07, 6.45) is -3.02. The van der Waals surface area contributed by atoms with Crippen LogP contribution in [0.25, 0.3) is 21.9 Å². The zero-order valence-corrected chi connectivity index (χ0v) is 13.8. The summed E-state index contributed by atoms with van der Waals surface area (Å²) >= 11 is 0. The summed E-state index contributed by atoms with van der Waals surface area (Å²) in [5.74, 6) is -0.833. The lowest BCUT2D eigenvalue weighted by atomic mass is 10.1. The molecule has 0 aliphatic carbocycles. The van der Waals surface area contributed by atoms with Crippen LogP contribution in [0.15, 0.2) is 36.5 Å². The highest BCUT2D eigenvalue weighted by atomic mass is 19.4. The molecule has 4 aromatic rings. The zero-order chi connectivity index (χ0) is 19.3. The summed E-state index contributed by atoms with van der Waals surface area (Å²) in [5.41, 5.74) is 0.546. The van der Waals surface area contributed by atoms with Gasteiger partial charge in [-0.15, -0.1) is 0 Å². The Balaban J connectivity index is 1.82. The van der Waals surface area contributed by atoms with Crippen molar-refractivity contribution in [2.24, 2.45) is 7.05 Å². The maximum atomic E-state index is 14.3. The molecule has 2 aromatic carbocycles. The summed E-state index contributed by atoms with van der Waals surface area (Å²) in [4.78, 5) is 7.13. The monoisotopic (exact) mass is 373 g/mol. The van der Waals surface area contributed by atoms with E-state index in [0.717, 1.165) is 11.6 Å². The summed E-state index contributed by atoms with van der Waals surface area (Å²) < 4.78 is 54.3. The van der Waals surface area contributed by atoms with Crippen LogP contribution in [0.1, 0.15) is 11.1 Å². The number of fused-ring (bicyclic) bond motifs is 2. The molecule has 2 aromatic heterocycles. The van der Waals surface area contributed by atoms with Crippen molar-refractivity contribution in [2.45, 2.75) is 6.18 Å². The van der Waals surface area contributed by atoms with E-state index in [1.807, 2.05) is 6.07 Å². The Morgan fingerprint density at radius 1 is 1.22 bits per heavy atom. The van der Waals surface area contributed by atoms with E-state index in [1.165, 1.54) is 11.6 Å².